The molecule has 36 heavy (non-hydrogen) atoms. The summed E-state index contributed by atoms with van der Waals surface area (Å²) in [5.41, 5.74) is 8.41. The number of nitrogens with one attached hydrogen (secondary N) is 2. The molecule has 2 amide bonds. The molecular formula is C25H28N8O3. The van der Waals surface area contributed by atoms with Crippen LogP contribution < -0.4 is 26.0 Å². The van der Waals surface area contributed by atoms with Crippen molar-refractivity contribution in [3.8, 4) is 6.01 Å². The van der Waals surface area contributed by atoms with Crippen LogP contribution in [0.25, 0.3) is 21.8 Å². The molecule has 1 fully saturated rings. The summed E-state index contributed by atoms with van der Waals surface area (Å²) in [6.07, 6.45) is 3.52. The van der Waals surface area contributed by atoms with Gasteiger partial charge in [-0.15, -0.1) is 0 Å². The molecule has 11 nitrogen and oxygen atoms in total. The Kier molecular flexibility index (Phi) is 6.15. The van der Waals surface area contributed by atoms with Crippen LogP contribution in [0.4, 0.5) is 11.4 Å². The highest BCUT2D eigenvalue weighted by atomic mass is 16.5. The number of fused-ring (bicyclic) bond motifs is 2. The molecular weight excluding hydrogens is 460 g/mol. The predicted molar refractivity (Wildman–Crippen MR) is 137 cm³/mol. The van der Waals surface area contributed by atoms with Crippen molar-refractivity contribution in [3.63, 3.8) is 0 Å². The van der Waals surface area contributed by atoms with Crippen molar-refractivity contribution in [2.75, 3.05) is 29.9 Å². The minimum atomic E-state index is -0.639. The standard InChI is InChI=1S/C25H28N8O3/c1-14-10-33(11-15(2)28-14)21-7-5-18(23-19(21)9-27-25(30-23)36-13-22(26)34)24(35)29-17-4-6-20-16(8-17)12-32(3)31-20/h4-9,12,14-15,28H,10-11,13H2,1-3H3,(H2,26,34)(H,29,35)/t14-,15?/m0/s1. The lowest BCUT2D eigenvalue weighted by Crippen LogP contribution is -2.54. The number of anilines is 2. The number of amides is 2. The topological polar surface area (TPSA) is 140 Å². The average Bonchev–Trinajstić information content (AvgIpc) is 3.20. The number of benzene rings is 2. The van der Waals surface area contributed by atoms with Gasteiger partial charge in [0.1, 0.15) is 0 Å². The molecule has 11 heteroatoms. The minimum Gasteiger partial charge on any atom is -0.453 e. The number of carbonyl (C=O) groups is 2. The van der Waals surface area contributed by atoms with E-state index in [0.717, 1.165) is 35.1 Å². The summed E-state index contributed by atoms with van der Waals surface area (Å²) >= 11 is 0. The first kappa shape index (κ1) is 23.5. The summed E-state index contributed by atoms with van der Waals surface area (Å²) in [6, 6.07) is 9.81. The highest BCUT2D eigenvalue weighted by Gasteiger charge is 2.25. The molecule has 5 rings (SSSR count). The normalized spacial score (nSPS) is 17.9. The van der Waals surface area contributed by atoms with Crippen molar-refractivity contribution in [3.05, 3.63) is 48.3 Å². The van der Waals surface area contributed by atoms with Gasteiger partial charge < -0.3 is 26.0 Å². The predicted octanol–water partition coefficient (Wildman–Crippen LogP) is 1.82. The lowest BCUT2D eigenvalue weighted by atomic mass is 10.0. The van der Waals surface area contributed by atoms with Crippen LogP contribution >= 0.6 is 0 Å². The van der Waals surface area contributed by atoms with Crippen molar-refractivity contribution in [1.82, 2.24) is 25.1 Å². The van der Waals surface area contributed by atoms with Crippen LogP contribution in [-0.2, 0) is 11.8 Å². The fourth-order valence-corrected chi connectivity index (χ4v) is 4.70. The zero-order valence-electron chi connectivity index (χ0n) is 20.4. The van der Waals surface area contributed by atoms with E-state index in [1.54, 1.807) is 16.9 Å². The quantitative estimate of drug-likeness (QED) is 0.373. The first-order valence-corrected chi connectivity index (χ1v) is 11.7. The summed E-state index contributed by atoms with van der Waals surface area (Å²) in [7, 11) is 1.85. The molecule has 0 saturated carbocycles. The second-order valence-electron chi connectivity index (χ2n) is 9.21. The van der Waals surface area contributed by atoms with Gasteiger partial charge in [-0.05, 0) is 44.2 Å². The fraction of sp³-hybridized carbons (Fsp3) is 0.320. The number of ether oxygens (including phenoxy) is 1. The monoisotopic (exact) mass is 488 g/mol. The molecule has 3 heterocycles. The van der Waals surface area contributed by atoms with E-state index in [2.05, 4.69) is 44.4 Å². The van der Waals surface area contributed by atoms with Gasteiger partial charge in [-0.25, -0.2) is 4.98 Å². The van der Waals surface area contributed by atoms with Crippen molar-refractivity contribution < 1.29 is 14.3 Å². The third-order valence-corrected chi connectivity index (χ3v) is 6.07. The highest BCUT2D eigenvalue weighted by Crippen LogP contribution is 2.31. The first-order chi connectivity index (χ1) is 17.3. The van der Waals surface area contributed by atoms with E-state index in [1.165, 1.54) is 0 Å². The van der Waals surface area contributed by atoms with Crippen LogP contribution in [-0.4, -0.2) is 63.3 Å². The number of rotatable bonds is 6. The van der Waals surface area contributed by atoms with Gasteiger partial charge in [-0.1, -0.05) is 0 Å². The molecule has 0 aliphatic carbocycles. The Balaban J connectivity index is 1.53. The number of aryl methyl sites for hydroxylation is 1. The van der Waals surface area contributed by atoms with Gasteiger partial charge >= 0.3 is 6.01 Å². The SMILES string of the molecule is CC1CN(c2ccc(C(=O)Nc3ccc4nn(C)cc4c3)c3nc(OCC(N)=O)ncc23)C[C@H](C)N1. The maximum atomic E-state index is 13.4. The Morgan fingerprint density at radius 2 is 1.97 bits per heavy atom. The molecule has 186 valence electrons. The zero-order chi connectivity index (χ0) is 25.4. The summed E-state index contributed by atoms with van der Waals surface area (Å²) in [5, 5.41) is 12.5. The number of primary amides is 1. The minimum absolute atomic E-state index is 0.0219. The molecule has 1 saturated heterocycles. The lowest BCUT2D eigenvalue weighted by Gasteiger charge is -2.38. The Morgan fingerprint density at radius 1 is 1.19 bits per heavy atom. The van der Waals surface area contributed by atoms with Crippen LogP contribution in [0.1, 0.15) is 24.2 Å². The molecule has 4 aromatic rings. The largest absolute Gasteiger partial charge is 0.453 e. The molecule has 4 N–H and O–H groups in total. The van der Waals surface area contributed by atoms with Crippen molar-refractivity contribution in [1.29, 1.82) is 0 Å². The van der Waals surface area contributed by atoms with Gasteiger partial charge in [-0.3, -0.25) is 14.3 Å². The van der Waals surface area contributed by atoms with E-state index >= 15 is 0 Å². The van der Waals surface area contributed by atoms with Crippen LogP contribution in [0, 0.1) is 0 Å². The van der Waals surface area contributed by atoms with Crippen molar-refractivity contribution in [2.45, 2.75) is 25.9 Å². The number of carbonyl (C=O) groups excluding carboxylic acids is 2. The Hall–Kier alpha value is -4.25. The van der Waals surface area contributed by atoms with Crippen LogP contribution in [0.3, 0.4) is 0 Å². The molecule has 1 aliphatic rings. The number of aromatic nitrogens is 4. The molecule has 2 aromatic heterocycles. The molecule has 2 atom stereocenters. The zero-order valence-corrected chi connectivity index (χ0v) is 20.4. The van der Waals surface area contributed by atoms with Crippen molar-refractivity contribution >= 4 is 45.0 Å². The van der Waals surface area contributed by atoms with E-state index in [1.807, 2.05) is 37.5 Å². The van der Waals surface area contributed by atoms with Gasteiger partial charge in [0.25, 0.3) is 11.8 Å². The maximum Gasteiger partial charge on any atom is 0.317 e. The summed E-state index contributed by atoms with van der Waals surface area (Å²) in [6.45, 7) is 5.52. The lowest BCUT2D eigenvalue weighted by molar-refractivity contribution is -0.120. The molecule has 1 unspecified atom stereocenters. The summed E-state index contributed by atoms with van der Waals surface area (Å²) in [5.74, 6) is -0.962. The molecule has 0 bridgehead atoms. The number of hydrogen-bond donors (Lipinski definition) is 3. The number of hydrogen-bond acceptors (Lipinski definition) is 8. The smallest absolute Gasteiger partial charge is 0.317 e. The van der Waals surface area contributed by atoms with Crippen molar-refractivity contribution in [2.24, 2.45) is 12.8 Å². The van der Waals surface area contributed by atoms with Gasteiger partial charge in [0.15, 0.2) is 6.61 Å². The van der Waals surface area contributed by atoms with E-state index in [4.69, 9.17) is 10.5 Å². The van der Waals surface area contributed by atoms with E-state index in [0.29, 0.717) is 28.9 Å². The second-order valence-corrected chi connectivity index (χ2v) is 9.21. The van der Waals surface area contributed by atoms with Gasteiger partial charge in [0.2, 0.25) is 0 Å². The summed E-state index contributed by atoms with van der Waals surface area (Å²) in [4.78, 5) is 35.6. The Morgan fingerprint density at radius 3 is 2.72 bits per heavy atom. The Labute approximate surface area is 207 Å². The molecule has 1 aliphatic heterocycles. The van der Waals surface area contributed by atoms with Gasteiger partial charge in [-0.2, -0.15) is 10.1 Å². The average molecular weight is 489 g/mol. The Bertz CT molecular complexity index is 1460. The van der Waals surface area contributed by atoms with E-state index in [9.17, 15) is 9.59 Å². The first-order valence-electron chi connectivity index (χ1n) is 11.7. The van der Waals surface area contributed by atoms with Gasteiger partial charge in [0, 0.05) is 66.8 Å². The third-order valence-electron chi connectivity index (χ3n) is 6.07. The number of piperazine rings is 1. The van der Waals surface area contributed by atoms with Gasteiger partial charge in [0.05, 0.1) is 16.6 Å². The fourth-order valence-electron chi connectivity index (χ4n) is 4.70. The number of nitrogens with two attached hydrogens (primary N) is 1. The summed E-state index contributed by atoms with van der Waals surface area (Å²) < 4.78 is 7.06. The van der Waals surface area contributed by atoms with E-state index in [-0.39, 0.29) is 18.5 Å². The third kappa shape index (κ3) is 4.78. The van der Waals surface area contributed by atoms with Crippen LogP contribution in [0.5, 0.6) is 6.01 Å². The maximum absolute atomic E-state index is 13.4. The second kappa shape index (κ2) is 9.42. The van der Waals surface area contributed by atoms with E-state index < -0.39 is 5.91 Å². The van der Waals surface area contributed by atoms with Crippen LogP contribution in [0.15, 0.2) is 42.7 Å². The highest BCUT2D eigenvalue weighted by molar-refractivity contribution is 6.14. The molecule has 2 aromatic carbocycles. The molecule has 0 radical (unpaired) electrons. The van der Waals surface area contributed by atoms with Crippen LogP contribution in [0.2, 0.25) is 0 Å². The molecule has 0 spiro atoms. The number of nitrogens with zero attached hydrogens (tertiary/aromatic N) is 5.